The molecule has 0 aromatic carbocycles. The molecule has 2 aromatic rings. The molecular formula is C10H8N2OS. The first-order chi connectivity index (χ1) is 6.81. The molecule has 0 aliphatic heterocycles. The molecule has 2 heterocycles. The van der Waals surface area contributed by atoms with E-state index in [0.29, 0.717) is 4.88 Å². The van der Waals surface area contributed by atoms with E-state index < -0.39 is 0 Å². The number of thiazole rings is 1. The number of aldehydes is 1. The molecule has 2 aromatic heterocycles. The fourth-order valence-corrected chi connectivity index (χ4v) is 1.85. The normalized spacial score (nSPS) is 10.1. The Hall–Kier alpha value is -1.55. The van der Waals surface area contributed by atoms with E-state index in [0.717, 1.165) is 23.1 Å². The number of aryl methyl sites for hydroxylation is 1. The molecule has 0 fully saturated rings. The highest BCUT2D eigenvalue weighted by Crippen LogP contribution is 2.23. The Balaban J connectivity index is 2.54. The lowest BCUT2D eigenvalue weighted by Crippen LogP contribution is -1.85. The molecule has 0 radical (unpaired) electrons. The van der Waals surface area contributed by atoms with Crippen molar-refractivity contribution in [2.45, 2.75) is 6.92 Å². The quantitative estimate of drug-likeness (QED) is 0.705. The molecule has 0 saturated carbocycles. The largest absolute Gasteiger partial charge is 0.297 e. The molecule has 0 bridgehead atoms. The van der Waals surface area contributed by atoms with Crippen molar-refractivity contribution in [2.24, 2.45) is 0 Å². The van der Waals surface area contributed by atoms with Gasteiger partial charge in [0.25, 0.3) is 0 Å². The molecule has 0 saturated heterocycles. The highest BCUT2D eigenvalue weighted by Gasteiger charge is 2.07. The maximum atomic E-state index is 10.7. The highest BCUT2D eigenvalue weighted by atomic mass is 32.1. The van der Waals surface area contributed by atoms with Crippen molar-refractivity contribution in [3.8, 4) is 11.3 Å². The van der Waals surface area contributed by atoms with Crippen molar-refractivity contribution in [1.29, 1.82) is 0 Å². The lowest BCUT2D eigenvalue weighted by molar-refractivity contribution is 0.112. The molecule has 0 unspecified atom stereocenters. The van der Waals surface area contributed by atoms with Crippen LogP contribution in [0.15, 0.2) is 24.0 Å². The van der Waals surface area contributed by atoms with Gasteiger partial charge in [0.2, 0.25) is 0 Å². The molecule has 0 N–H and O–H groups in total. The first kappa shape index (κ1) is 9.02. The molecule has 0 amide bonds. The van der Waals surface area contributed by atoms with Crippen LogP contribution in [0.5, 0.6) is 0 Å². The minimum Gasteiger partial charge on any atom is -0.297 e. The van der Waals surface area contributed by atoms with Gasteiger partial charge in [0.05, 0.1) is 16.1 Å². The molecular weight excluding hydrogens is 196 g/mol. The van der Waals surface area contributed by atoms with E-state index >= 15 is 0 Å². The fourth-order valence-electron chi connectivity index (χ4n) is 1.24. The summed E-state index contributed by atoms with van der Waals surface area (Å²) in [5.74, 6) is 0. The number of carbonyl (C=O) groups excluding carboxylic acids is 1. The Morgan fingerprint density at radius 3 is 3.00 bits per heavy atom. The summed E-state index contributed by atoms with van der Waals surface area (Å²) in [5.41, 5.74) is 4.35. The zero-order valence-electron chi connectivity index (χ0n) is 7.60. The van der Waals surface area contributed by atoms with Crippen molar-refractivity contribution < 1.29 is 4.79 Å². The maximum Gasteiger partial charge on any atom is 0.162 e. The van der Waals surface area contributed by atoms with Gasteiger partial charge in [-0.15, -0.1) is 11.3 Å². The molecule has 4 heteroatoms. The van der Waals surface area contributed by atoms with Gasteiger partial charge in [-0.1, -0.05) is 0 Å². The fraction of sp³-hybridized carbons (Fsp3) is 0.100. The van der Waals surface area contributed by atoms with E-state index in [1.54, 1.807) is 17.9 Å². The third-order valence-corrected chi connectivity index (χ3v) is 2.60. The monoisotopic (exact) mass is 204 g/mol. The SMILES string of the molecule is Cc1cncc(-c2ncsc2C=O)c1. The number of carbonyl (C=O) groups is 1. The lowest BCUT2D eigenvalue weighted by Gasteiger charge is -1.98. The molecule has 70 valence electrons. The van der Waals surface area contributed by atoms with Crippen LogP contribution >= 0.6 is 11.3 Å². The summed E-state index contributed by atoms with van der Waals surface area (Å²) in [4.78, 5) is 19.6. The Bertz CT molecular complexity index is 465. The molecule has 0 spiro atoms. The van der Waals surface area contributed by atoms with Gasteiger partial charge in [-0.05, 0) is 18.6 Å². The average Bonchev–Trinajstić information content (AvgIpc) is 2.65. The third kappa shape index (κ3) is 1.56. The molecule has 0 aliphatic carbocycles. The van der Waals surface area contributed by atoms with E-state index in [1.807, 2.05) is 13.0 Å². The van der Waals surface area contributed by atoms with Crippen molar-refractivity contribution >= 4 is 17.6 Å². The highest BCUT2D eigenvalue weighted by molar-refractivity contribution is 7.11. The summed E-state index contributed by atoms with van der Waals surface area (Å²) < 4.78 is 0. The summed E-state index contributed by atoms with van der Waals surface area (Å²) >= 11 is 1.34. The van der Waals surface area contributed by atoms with Gasteiger partial charge in [-0.3, -0.25) is 9.78 Å². The molecule has 14 heavy (non-hydrogen) atoms. The van der Waals surface area contributed by atoms with Gasteiger partial charge >= 0.3 is 0 Å². The van der Waals surface area contributed by atoms with Crippen molar-refractivity contribution in [3.63, 3.8) is 0 Å². The predicted octanol–water partition coefficient (Wildman–Crippen LogP) is 2.33. The van der Waals surface area contributed by atoms with Crippen molar-refractivity contribution in [3.05, 3.63) is 34.4 Å². The van der Waals surface area contributed by atoms with E-state index in [2.05, 4.69) is 9.97 Å². The molecule has 0 aliphatic rings. The van der Waals surface area contributed by atoms with Crippen LogP contribution in [0, 0.1) is 6.92 Å². The standard InChI is InChI=1S/C10H8N2OS/c1-7-2-8(4-11-3-7)10-9(5-13)14-6-12-10/h2-6H,1H3. The first-order valence-corrected chi connectivity index (χ1v) is 5.00. The van der Waals surface area contributed by atoms with Crippen LogP contribution in [-0.2, 0) is 0 Å². The Labute approximate surface area is 85.5 Å². The van der Waals surface area contributed by atoms with E-state index in [1.165, 1.54) is 11.3 Å². The number of hydrogen-bond donors (Lipinski definition) is 0. The smallest absolute Gasteiger partial charge is 0.162 e. The number of nitrogens with zero attached hydrogens (tertiary/aromatic N) is 2. The minimum atomic E-state index is 0.650. The number of rotatable bonds is 2. The first-order valence-electron chi connectivity index (χ1n) is 4.12. The summed E-state index contributed by atoms with van der Waals surface area (Å²) in [6.07, 6.45) is 4.32. The van der Waals surface area contributed by atoms with Crippen LogP contribution in [0.3, 0.4) is 0 Å². The zero-order valence-corrected chi connectivity index (χ0v) is 8.41. The van der Waals surface area contributed by atoms with Crippen LogP contribution in [0.25, 0.3) is 11.3 Å². The summed E-state index contributed by atoms with van der Waals surface area (Å²) in [7, 11) is 0. The summed E-state index contributed by atoms with van der Waals surface area (Å²) in [6.45, 7) is 1.96. The van der Waals surface area contributed by atoms with Gasteiger partial charge in [0, 0.05) is 18.0 Å². The van der Waals surface area contributed by atoms with E-state index in [9.17, 15) is 4.79 Å². The second-order valence-electron chi connectivity index (χ2n) is 2.93. The lowest BCUT2D eigenvalue weighted by atomic mass is 10.1. The zero-order chi connectivity index (χ0) is 9.97. The number of pyridine rings is 1. The van der Waals surface area contributed by atoms with E-state index in [-0.39, 0.29) is 0 Å². The molecule has 3 nitrogen and oxygen atoms in total. The predicted molar refractivity (Wildman–Crippen MR) is 55.5 cm³/mol. The topological polar surface area (TPSA) is 42.9 Å². The van der Waals surface area contributed by atoms with Crippen molar-refractivity contribution in [2.75, 3.05) is 0 Å². The van der Waals surface area contributed by atoms with Crippen molar-refractivity contribution in [1.82, 2.24) is 9.97 Å². The van der Waals surface area contributed by atoms with E-state index in [4.69, 9.17) is 0 Å². The number of aromatic nitrogens is 2. The molecule has 2 rings (SSSR count). The average molecular weight is 204 g/mol. The second kappa shape index (κ2) is 3.67. The van der Waals surface area contributed by atoms with Gasteiger partial charge < -0.3 is 0 Å². The van der Waals surface area contributed by atoms with Crippen LogP contribution in [0.2, 0.25) is 0 Å². The maximum absolute atomic E-state index is 10.7. The van der Waals surface area contributed by atoms with Gasteiger partial charge in [0.1, 0.15) is 0 Å². The minimum absolute atomic E-state index is 0.650. The second-order valence-corrected chi connectivity index (χ2v) is 3.82. The molecule has 0 atom stereocenters. The van der Waals surface area contributed by atoms with Crippen LogP contribution in [-0.4, -0.2) is 16.3 Å². The number of hydrogen-bond acceptors (Lipinski definition) is 4. The van der Waals surface area contributed by atoms with Crippen LogP contribution < -0.4 is 0 Å². The summed E-state index contributed by atoms with van der Waals surface area (Å²) in [5, 5.41) is 0. The van der Waals surface area contributed by atoms with Gasteiger partial charge in [0.15, 0.2) is 6.29 Å². The van der Waals surface area contributed by atoms with Gasteiger partial charge in [-0.2, -0.15) is 0 Å². The summed E-state index contributed by atoms with van der Waals surface area (Å²) in [6, 6.07) is 1.97. The Morgan fingerprint density at radius 2 is 2.29 bits per heavy atom. The van der Waals surface area contributed by atoms with Crippen LogP contribution in [0.4, 0.5) is 0 Å². The van der Waals surface area contributed by atoms with Crippen LogP contribution in [0.1, 0.15) is 15.2 Å². The third-order valence-electron chi connectivity index (χ3n) is 1.85. The Morgan fingerprint density at radius 1 is 1.43 bits per heavy atom. The Kier molecular flexibility index (Phi) is 2.37. The van der Waals surface area contributed by atoms with Gasteiger partial charge in [-0.25, -0.2) is 4.98 Å².